The first kappa shape index (κ1) is 22.1. The van der Waals surface area contributed by atoms with Gasteiger partial charge in [0.25, 0.3) is 0 Å². The van der Waals surface area contributed by atoms with Gasteiger partial charge >= 0.3 is 0 Å². The molecule has 172 valence electrons. The fourth-order valence-electron chi connectivity index (χ4n) is 5.47. The molecule has 0 unspecified atom stereocenters. The molecule has 6 rings (SSSR count). The van der Waals surface area contributed by atoms with Gasteiger partial charge in [0.15, 0.2) is 0 Å². The number of piperidine rings is 3. The van der Waals surface area contributed by atoms with Gasteiger partial charge in [0, 0.05) is 17.7 Å². The normalized spacial score (nSPS) is 23.9. The van der Waals surface area contributed by atoms with Gasteiger partial charge in [-0.05, 0) is 41.6 Å². The Labute approximate surface area is 198 Å². The highest BCUT2D eigenvalue weighted by Gasteiger charge is 2.49. The number of thiophene rings is 1. The molecule has 3 saturated heterocycles. The zero-order valence-corrected chi connectivity index (χ0v) is 19.6. The molecule has 0 N–H and O–H groups in total. The maximum atomic E-state index is 14.8. The lowest BCUT2D eigenvalue weighted by Crippen LogP contribution is -2.65. The van der Waals surface area contributed by atoms with Crippen molar-refractivity contribution in [2.45, 2.75) is 19.4 Å². The molecule has 3 aliphatic heterocycles. The summed E-state index contributed by atoms with van der Waals surface area (Å²) in [6.45, 7) is 4.96. The molecule has 4 nitrogen and oxygen atoms in total. The Morgan fingerprint density at radius 1 is 1.03 bits per heavy atom. The van der Waals surface area contributed by atoms with Crippen LogP contribution in [0.2, 0.25) is 0 Å². The molecule has 1 aromatic heterocycles. The molecular formula is C27H30FN2O2S+. The monoisotopic (exact) mass is 465 g/mol. The van der Waals surface area contributed by atoms with Crippen molar-refractivity contribution in [1.82, 2.24) is 0 Å². The number of anilines is 1. The minimum Gasteiger partial charge on any atom is -0.488 e. The summed E-state index contributed by atoms with van der Waals surface area (Å²) in [7, 11) is 0. The lowest BCUT2D eigenvalue weighted by Gasteiger charge is -2.52. The van der Waals surface area contributed by atoms with Gasteiger partial charge in [0.1, 0.15) is 24.7 Å². The predicted molar refractivity (Wildman–Crippen MR) is 130 cm³/mol. The Hall–Kier alpha value is -2.70. The van der Waals surface area contributed by atoms with Gasteiger partial charge in [-0.3, -0.25) is 4.79 Å². The third-order valence-corrected chi connectivity index (χ3v) is 8.16. The highest BCUT2D eigenvalue weighted by atomic mass is 32.1. The second-order valence-electron chi connectivity index (χ2n) is 9.26. The summed E-state index contributed by atoms with van der Waals surface area (Å²) in [5, 5.41) is 2.00. The number of para-hydroxylation sites is 2. The van der Waals surface area contributed by atoms with Crippen LogP contribution in [0.4, 0.5) is 10.1 Å². The first-order chi connectivity index (χ1) is 16.1. The van der Waals surface area contributed by atoms with E-state index < -0.39 is 0 Å². The molecule has 3 aliphatic rings. The minimum absolute atomic E-state index is 0.0596. The molecule has 1 atom stereocenters. The molecule has 3 fully saturated rings. The lowest BCUT2D eigenvalue weighted by molar-refractivity contribution is -0.945. The van der Waals surface area contributed by atoms with Crippen molar-refractivity contribution in [2.75, 3.05) is 37.7 Å². The number of amides is 1. The van der Waals surface area contributed by atoms with E-state index in [0.29, 0.717) is 24.8 Å². The van der Waals surface area contributed by atoms with Crippen LogP contribution in [0.25, 0.3) is 0 Å². The predicted octanol–water partition coefficient (Wildman–Crippen LogP) is 5.36. The molecule has 0 radical (unpaired) electrons. The van der Waals surface area contributed by atoms with Crippen LogP contribution in [0, 0.1) is 17.7 Å². The first-order valence-corrected chi connectivity index (χ1v) is 12.6. The quantitative estimate of drug-likeness (QED) is 0.420. The Kier molecular flexibility index (Phi) is 6.47. The molecule has 0 aliphatic carbocycles. The zero-order valence-electron chi connectivity index (χ0n) is 18.7. The molecule has 6 heteroatoms. The van der Waals surface area contributed by atoms with Crippen LogP contribution in [0.5, 0.6) is 5.75 Å². The number of ether oxygens (including phenoxy) is 1. The van der Waals surface area contributed by atoms with Crippen molar-refractivity contribution in [3.8, 4) is 5.75 Å². The van der Waals surface area contributed by atoms with E-state index in [1.54, 1.807) is 34.4 Å². The summed E-state index contributed by atoms with van der Waals surface area (Å²) in [5.74, 6) is 0.902. The summed E-state index contributed by atoms with van der Waals surface area (Å²) < 4.78 is 21.7. The van der Waals surface area contributed by atoms with Crippen LogP contribution in [-0.4, -0.2) is 43.2 Å². The van der Waals surface area contributed by atoms with Crippen LogP contribution >= 0.6 is 11.3 Å². The molecule has 3 aromatic rings. The number of fused-ring (bicyclic) bond motifs is 3. The fourth-order valence-corrected chi connectivity index (χ4v) is 6.16. The van der Waals surface area contributed by atoms with E-state index in [-0.39, 0.29) is 17.6 Å². The van der Waals surface area contributed by atoms with Crippen LogP contribution in [0.15, 0.2) is 72.1 Å². The van der Waals surface area contributed by atoms with Crippen molar-refractivity contribution >= 4 is 22.9 Å². The maximum absolute atomic E-state index is 14.8. The largest absolute Gasteiger partial charge is 0.488 e. The summed E-state index contributed by atoms with van der Waals surface area (Å²) in [5.41, 5.74) is 0.381. The van der Waals surface area contributed by atoms with E-state index in [9.17, 15) is 9.18 Å². The second-order valence-corrected chi connectivity index (χ2v) is 10.3. The molecule has 0 saturated carbocycles. The fraction of sp³-hybridized carbons (Fsp3) is 0.370. The van der Waals surface area contributed by atoms with Crippen molar-refractivity contribution in [3.05, 3.63) is 82.8 Å². The number of carbonyl (C=O) groups excluding carboxylic acids is 1. The highest BCUT2D eigenvalue weighted by molar-refractivity contribution is 7.09. The molecule has 2 aromatic carbocycles. The third-order valence-electron chi connectivity index (χ3n) is 7.30. The molecule has 1 amide bonds. The van der Waals surface area contributed by atoms with E-state index in [2.05, 4.69) is 0 Å². The molecule has 33 heavy (non-hydrogen) atoms. The Morgan fingerprint density at radius 2 is 1.79 bits per heavy atom. The van der Waals surface area contributed by atoms with Crippen molar-refractivity contribution in [2.24, 2.45) is 11.8 Å². The van der Waals surface area contributed by atoms with Gasteiger partial charge in [-0.1, -0.05) is 36.4 Å². The average Bonchev–Trinajstić information content (AvgIpc) is 3.37. The number of nitrogens with zero attached hydrogens (tertiary/aromatic N) is 2. The number of hydrogen-bond acceptors (Lipinski definition) is 3. The number of hydrogen-bond donors (Lipinski definition) is 0. The summed E-state index contributed by atoms with van der Waals surface area (Å²) in [6, 6.07) is 20.5. The van der Waals surface area contributed by atoms with Gasteiger partial charge in [-0.25, -0.2) is 4.39 Å². The van der Waals surface area contributed by atoms with Crippen LogP contribution in [0.3, 0.4) is 0 Å². The third kappa shape index (κ3) is 4.82. The summed E-state index contributed by atoms with van der Waals surface area (Å²) in [6.07, 6.45) is 2.09. The molecule has 0 spiro atoms. The average molecular weight is 466 g/mol. The second kappa shape index (κ2) is 9.65. The SMILES string of the molecule is O=C([C@H]1C[N+]2(CCOc3ccccc3)CCC1CC2)N(Cc1cccs1)c1ccccc1F. The van der Waals surface area contributed by atoms with Gasteiger partial charge < -0.3 is 14.1 Å². The van der Waals surface area contributed by atoms with Crippen molar-refractivity contribution in [3.63, 3.8) is 0 Å². The van der Waals surface area contributed by atoms with Gasteiger partial charge in [-0.2, -0.15) is 0 Å². The minimum atomic E-state index is -0.344. The number of quaternary nitrogens is 1. The number of rotatable bonds is 8. The van der Waals surface area contributed by atoms with E-state index in [0.717, 1.165) is 54.1 Å². The highest BCUT2D eigenvalue weighted by Crippen LogP contribution is 2.40. The van der Waals surface area contributed by atoms with Gasteiger partial charge in [-0.15, -0.1) is 11.3 Å². The molecule has 4 heterocycles. The topological polar surface area (TPSA) is 29.5 Å². The van der Waals surface area contributed by atoms with Crippen LogP contribution < -0.4 is 9.64 Å². The van der Waals surface area contributed by atoms with E-state index >= 15 is 0 Å². The standard InChI is InChI=1S/C27H30FN2O2S/c28-25-10-4-5-11-26(25)29(19-23-9-6-18-33-23)27(31)24-20-30(14-12-21(24)13-15-30)16-17-32-22-7-2-1-3-8-22/h1-11,18,21,24H,12-17,19-20H2/q+1/t21?,24-,30?/m0/s1. The Balaban J connectivity index is 1.33. The maximum Gasteiger partial charge on any atom is 0.236 e. The molecular weight excluding hydrogens is 435 g/mol. The zero-order chi connectivity index (χ0) is 22.7. The van der Waals surface area contributed by atoms with Crippen LogP contribution in [-0.2, 0) is 11.3 Å². The van der Waals surface area contributed by atoms with Crippen molar-refractivity contribution < 1.29 is 18.4 Å². The van der Waals surface area contributed by atoms with E-state index in [4.69, 9.17) is 4.74 Å². The van der Waals surface area contributed by atoms with Gasteiger partial charge in [0.2, 0.25) is 5.91 Å². The van der Waals surface area contributed by atoms with E-state index in [1.807, 2.05) is 47.8 Å². The summed E-state index contributed by atoms with van der Waals surface area (Å²) >= 11 is 1.60. The lowest BCUT2D eigenvalue weighted by atomic mass is 9.76. The smallest absolute Gasteiger partial charge is 0.236 e. The number of carbonyl (C=O) groups is 1. The number of halogens is 1. The van der Waals surface area contributed by atoms with Crippen molar-refractivity contribution in [1.29, 1.82) is 0 Å². The first-order valence-electron chi connectivity index (χ1n) is 11.7. The van der Waals surface area contributed by atoms with Crippen LogP contribution in [0.1, 0.15) is 17.7 Å². The van der Waals surface area contributed by atoms with E-state index in [1.165, 1.54) is 6.07 Å². The Morgan fingerprint density at radius 3 is 2.52 bits per heavy atom. The number of benzene rings is 2. The summed E-state index contributed by atoms with van der Waals surface area (Å²) in [4.78, 5) is 16.7. The van der Waals surface area contributed by atoms with Gasteiger partial charge in [0.05, 0.1) is 37.8 Å². The Bertz CT molecular complexity index is 1060. The molecule has 2 bridgehead atoms.